The first-order valence-electron chi connectivity index (χ1n) is 7.70. The van der Waals surface area contributed by atoms with E-state index in [1.165, 1.54) is 12.1 Å². The van der Waals surface area contributed by atoms with Gasteiger partial charge >= 0.3 is 0 Å². The summed E-state index contributed by atoms with van der Waals surface area (Å²) in [5, 5.41) is 6.60. The lowest BCUT2D eigenvalue weighted by Crippen LogP contribution is -2.49. The van der Waals surface area contributed by atoms with Gasteiger partial charge in [-0.25, -0.2) is 4.39 Å². The van der Waals surface area contributed by atoms with Crippen molar-refractivity contribution in [3.63, 3.8) is 0 Å². The first-order valence-corrected chi connectivity index (χ1v) is 7.70. The second-order valence-electron chi connectivity index (χ2n) is 5.93. The lowest BCUT2D eigenvalue weighted by atomic mass is 9.99. The molecule has 21 heavy (non-hydrogen) atoms. The number of amides is 1. The fourth-order valence-electron chi connectivity index (χ4n) is 3.27. The quantitative estimate of drug-likeness (QED) is 0.882. The summed E-state index contributed by atoms with van der Waals surface area (Å²) >= 11 is 0. The van der Waals surface area contributed by atoms with Crippen LogP contribution in [0.2, 0.25) is 0 Å². The first-order chi connectivity index (χ1) is 10.2. The van der Waals surface area contributed by atoms with Crippen molar-refractivity contribution in [3.05, 3.63) is 35.6 Å². The molecule has 0 spiro atoms. The highest BCUT2D eigenvalue weighted by Gasteiger charge is 2.30. The van der Waals surface area contributed by atoms with Crippen molar-refractivity contribution < 1.29 is 9.18 Å². The highest BCUT2D eigenvalue weighted by Crippen LogP contribution is 2.25. The second kappa shape index (κ2) is 6.54. The predicted molar refractivity (Wildman–Crippen MR) is 79.3 cm³/mol. The summed E-state index contributed by atoms with van der Waals surface area (Å²) in [5.41, 5.74) is 0.875. The highest BCUT2D eigenvalue weighted by molar-refractivity contribution is 5.77. The molecule has 1 aromatic carbocycles. The van der Waals surface area contributed by atoms with Crippen LogP contribution in [-0.2, 0) is 4.79 Å². The van der Waals surface area contributed by atoms with Gasteiger partial charge in [0.1, 0.15) is 5.82 Å². The van der Waals surface area contributed by atoms with Gasteiger partial charge in [-0.1, -0.05) is 12.1 Å². The maximum atomic E-state index is 13.4. The van der Waals surface area contributed by atoms with Crippen LogP contribution in [0.4, 0.5) is 4.39 Å². The van der Waals surface area contributed by atoms with Gasteiger partial charge in [0.05, 0.1) is 6.04 Å². The van der Waals surface area contributed by atoms with Crippen LogP contribution in [-0.4, -0.2) is 43.5 Å². The van der Waals surface area contributed by atoms with Gasteiger partial charge in [0.25, 0.3) is 0 Å². The molecule has 2 heterocycles. The highest BCUT2D eigenvalue weighted by atomic mass is 19.1. The minimum Gasteiger partial charge on any atom is -0.333 e. The van der Waals surface area contributed by atoms with Crippen molar-refractivity contribution in [2.75, 3.05) is 32.7 Å². The molecule has 2 aliphatic heterocycles. The van der Waals surface area contributed by atoms with Crippen LogP contribution in [0.25, 0.3) is 0 Å². The van der Waals surface area contributed by atoms with E-state index in [-0.39, 0.29) is 17.8 Å². The summed E-state index contributed by atoms with van der Waals surface area (Å²) in [6, 6.07) is 6.53. The zero-order valence-electron chi connectivity index (χ0n) is 12.1. The van der Waals surface area contributed by atoms with Crippen LogP contribution in [0.3, 0.4) is 0 Å². The Balaban J connectivity index is 1.72. The smallest absolute Gasteiger partial charge is 0.223 e. The molecule has 2 atom stereocenters. The molecule has 2 N–H and O–H groups in total. The van der Waals surface area contributed by atoms with Gasteiger partial charge in [-0.3, -0.25) is 4.79 Å². The zero-order valence-corrected chi connectivity index (χ0v) is 12.1. The Morgan fingerprint density at radius 1 is 1.29 bits per heavy atom. The molecule has 5 heteroatoms. The van der Waals surface area contributed by atoms with Crippen molar-refractivity contribution in [2.45, 2.75) is 18.9 Å². The molecule has 0 saturated carbocycles. The standard InChI is InChI=1S/C16H22FN3O/c17-14-3-1-2-13(9-14)15-11-19-6-7-20(15)16(21)8-12-4-5-18-10-12/h1-3,9,12,15,18-19H,4-8,10-11H2. The summed E-state index contributed by atoms with van der Waals surface area (Å²) in [4.78, 5) is 14.5. The Hall–Kier alpha value is -1.46. The predicted octanol–water partition coefficient (Wildman–Crippen LogP) is 1.30. The lowest BCUT2D eigenvalue weighted by Gasteiger charge is -2.37. The first kappa shape index (κ1) is 14.5. The molecule has 4 nitrogen and oxygen atoms in total. The van der Waals surface area contributed by atoms with Gasteiger partial charge < -0.3 is 15.5 Å². The average molecular weight is 291 g/mol. The normalized spacial score (nSPS) is 26.0. The minimum atomic E-state index is -0.245. The molecule has 3 rings (SSSR count). The van der Waals surface area contributed by atoms with Crippen LogP contribution in [0.15, 0.2) is 24.3 Å². The Bertz CT molecular complexity index is 502. The van der Waals surface area contributed by atoms with E-state index in [1.807, 2.05) is 11.0 Å². The molecule has 0 bridgehead atoms. The van der Waals surface area contributed by atoms with Gasteiger partial charge in [-0.15, -0.1) is 0 Å². The number of nitrogens with zero attached hydrogens (tertiary/aromatic N) is 1. The van der Waals surface area contributed by atoms with Crippen LogP contribution in [0, 0.1) is 11.7 Å². The van der Waals surface area contributed by atoms with E-state index in [0.717, 1.165) is 31.6 Å². The number of nitrogens with one attached hydrogen (secondary N) is 2. The summed E-state index contributed by atoms with van der Waals surface area (Å²) < 4.78 is 13.4. The number of halogens is 1. The number of benzene rings is 1. The zero-order chi connectivity index (χ0) is 14.7. The molecule has 1 amide bonds. The Kier molecular flexibility index (Phi) is 4.51. The molecule has 2 fully saturated rings. The van der Waals surface area contributed by atoms with E-state index in [4.69, 9.17) is 0 Å². The number of hydrogen-bond donors (Lipinski definition) is 2. The van der Waals surface area contributed by atoms with Gasteiger partial charge in [-0.05, 0) is 43.1 Å². The van der Waals surface area contributed by atoms with Crippen molar-refractivity contribution in [1.29, 1.82) is 0 Å². The van der Waals surface area contributed by atoms with Crippen LogP contribution >= 0.6 is 0 Å². The number of piperazine rings is 1. The van der Waals surface area contributed by atoms with Crippen LogP contribution in [0.5, 0.6) is 0 Å². The molecular weight excluding hydrogens is 269 g/mol. The molecule has 0 aromatic heterocycles. The monoisotopic (exact) mass is 291 g/mol. The third-order valence-corrected chi connectivity index (χ3v) is 4.42. The summed E-state index contributed by atoms with van der Waals surface area (Å²) in [6.07, 6.45) is 1.67. The van der Waals surface area contributed by atoms with Gasteiger partial charge in [-0.2, -0.15) is 0 Å². The van der Waals surface area contributed by atoms with E-state index < -0.39 is 0 Å². The molecule has 1 aromatic rings. The average Bonchev–Trinajstić information content (AvgIpc) is 3.00. The number of carbonyl (C=O) groups is 1. The summed E-state index contributed by atoms with van der Waals surface area (Å²) in [6.45, 7) is 4.13. The molecule has 0 aliphatic carbocycles. The molecule has 0 radical (unpaired) electrons. The second-order valence-corrected chi connectivity index (χ2v) is 5.93. The van der Waals surface area contributed by atoms with E-state index in [9.17, 15) is 9.18 Å². The van der Waals surface area contributed by atoms with Crippen molar-refractivity contribution in [3.8, 4) is 0 Å². The maximum Gasteiger partial charge on any atom is 0.223 e. The van der Waals surface area contributed by atoms with Gasteiger partial charge in [0.15, 0.2) is 0 Å². The SMILES string of the molecule is O=C(CC1CCNC1)N1CCNCC1c1cccc(F)c1. The molecule has 2 unspecified atom stereocenters. The molecule has 2 saturated heterocycles. The van der Waals surface area contributed by atoms with E-state index >= 15 is 0 Å². The number of carbonyl (C=O) groups excluding carboxylic acids is 1. The topological polar surface area (TPSA) is 44.4 Å². The van der Waals surface area contributed by atoms with E-state index in [0.29, 0.717) is 25.4 Å². The van der Waals surface area contributed by atoms with E-state index in [2.05, 4.69) is 10.6 Å². The molecule has 114 valence electrons. The third-order valence-electron chi connectivity index (χ3n) is 4.42. The Morgan fingerprint density at radius 3 is 2.90 bits per heavy atom. The van der Waals surface area contributed by atoms with Crippen molar-refractivity contribution in [1.82, 2.24) is 15.5 Å². The summed E-state index contributed by atoms with van der Waals surface area (Å²) in [5.74, 6) is 0.394. The van der Waals surface area contributed by atoms with Crippen molar-refractivity contribution >= 4 is 5.91 Å². The van der Waals surface area contributed by atoms with Crippen LogP contribution in [0.1, 0.15) is 24.4 Å². The van der Waals surface area contributed by atoms with Gasteiger partial charge in [0, 0.05) is 26.1 Å². The Labute approximate surface area is 124 Å². The lowest BCUT2D eigenvalue weighted by molar-refractivity contribution is -0.135. The van der Waals surface area contributed by atoms with Crippen molar-refractivity contribution in [2.24, 2.45) is 5.92 Å². The summed E-state index contributed by atoms with van der Waals surface area (Å²) in [7, 11) is 0. The van der Waals surface area contributed by atoms with Crippen LogP contribution < -0.4 is 10.6 Å². The minimum absolute atomic E-state index is 0.0590. The number of rotatable bonds is 3. The van der Waals surface area contributed by atoms with E-state index in [1.54, 1.807) is 6.07 Å². The van der Waals surface area contributed by atoms with Gasteiger partial charge in [0.2, 0.25) is 5.91 Å². The molecular formula is C16H22FN3O. The molecule has 2 aliphatic rings. The Morgan fingerprint density at radius 2 is 2.14 bits per heavy atom. The fraction of sp³-hybridized carbons (Fsp3) is 0.562. The fourth-order valence-corrected chi connectivity index (χ4v) is 3.27. The largest absolute Gasteiger partial charge is 0.333 e. The number of hydrogen-bond acceptors (Lipinski definition) is 3. The third kappa shape index (κ3) is 3.41. The maximum absolute atomic E-state index is 13.4.